The van der Waals surface area contributed by atoms with Crippen LogP contribution in [0.4, 0.5) is 4.79 Å². The number of rotatable bonds is 6. The Labute approximate surface area is 171 Å². The Balaban J connectivity index is 1.39. The molecule has 0 spiro atoms. The zero-order valence-electron chi connectivity index (χ0n) is 16.8. The van der Waals surface area contributed by atoms with Gasteiger partial charge in [-0.15, -0.1) is 0 Å². The Bertz CT molecular complexity index is 795. The maximum Gasteiger partial charge on any atom is 0.410 e. The van der Waals surface area contributed by atoms with Crippen LogP contribution >= 0.6 is 0 Å². The fraction of sp³-hybridized carbons (Fsp3) is 0.435. The summed E-state index contributed by atoms with van der Waals surface area (Å²) < 4.78 is 23.3. The van der Waals surface area contributed by atoms with E-state index in [1.807, 2.05) is 74.5 Å². The van der Waals surface area contributed by atoms with Crippen LogP contribution in [-0.2, 0) is 32.1 Å². The number of fused-ring (bicyclic) bond motifs is 1. The Morgan fingerprint density at radius 3 is 2.34 bits per heavy atom. The third-order valence-corrected chi connectivity index (χ3v) is 5.06. The summed E-state index contributed by atoms with van der Waals surface area (Å²) >= 11 is 0. The van der Waals surface area contributed by atoms with Crippen LogP contribution in [0.15, 0.2) is 60.7 Å². The summed E-state index contributed by atoms with van der Waals surface area (Å²) in [6.45, 7) is 4.88. The van der Waals surface area contributed by atoms with E-state index >= 15 is 0 Å². The smallest absolute Gasteiger partial charge is 0.410 e. The summed E-state index contributed by atoms with van der Waals surface area (Å²) in [4.78, 5) is 14.5. The Morgan fingerprint density at radius 1 is 1.03 bits per heavy atom. The highest BCUT2D eigenvalue weighted by Gasteiger charge is 2.48. The first-order valence-corrected chi connectivity index (χ1v) is 9.99. The lowest BCUT2D eigenvalue weighted by Gasteiger charge is -2.26. The van der Waals surface area contributed by atoms with Crippen molar-refractivity contribution in [2.75, 3.05) is 6.54 Å². The molecule has 0 saturated carbocycles. The Kier molecular flexibility index (Phi) is 5.85. The Hall–Kier alpha value is -2.41. The predicted molar refractivity (Wildman–Crippen MR) is 107 cm³/mol. The van der Waals surface area contributed by atoms with Gasteiger partial charge < -0.3 is 23.8 Å². The molecule has 0 N–H and O–H groups in total. The average Bonchev–Trinajstić information content (AvgIpc) is 3.19. The van der Waals surface area contributed by atoms with Gasteiger partial charge >= 0.3 is 6.09 Å². The van der Waals surface area contributed by atoms with Gasteiger partial charge in [0, 0.05) is 13.0 Å². The molecule has 2 aliphatic rings. The van der Waals surface area contributed by atoms with E-state index in [0.29, 0.717) is 19.5 Å². The van der Waals surface area contributed by atoms with Crippen LogP contribution < -0.4 is 0 Å². The van der Waals surface area contributed by atoms with Gasteiger partial charge in [-0.3, -0.25) is 0 Å². The van der Waals surface area contributed by atoms with Gasteiger partial charge in [-0.25, -0.2) is 4.79 Å². The molecule has 2 fully saturated rings. The zero-order chi connectivity index (χ0) is 20.3. The van der Waals surface area contributed by atoms with Crippen molar-refractivity contribution in [2.24, 2.45) is 0 Å². The lowest BCUT2D eigenvalue weighted by atomic mass is 10.1. The lowest BCUT2D eigenvalue weighted by Crippen LogP contribution is -2.38. The van der Waals surface area contributed by atoms with E-state index in [9.17, 15) is 4.79 Å². The molecule has 29 heavy (non-hydrogen) atoms. The number of benzene rings is 2. The lowest BCUT2D eigenvalue weighted by molar-refractivity contribution is -0.205. The Morgan fingerprint density at radius 2 is 1.69 bits per heavy atom. The summed E-state index contributed by atoms with van der Waals surface area (Å²) in [7, 11) is 0. The van der Waals surface area contributed by atoms with Crippen LogP contribution in [0.5, 0.6) is 0 Å². The third kappa shape index (κ3) is 5.15. The van der Waals surface area contributed by atoms with Gasteiger partial charge in [-0.1, -0.05) is 60.7 Å². The fourth-order valence-electron chi connectivity index (χ4n) is 3.76. The molecule has 2 heterocycles. The predicted octanol–water partition coefficient (Wildman–Crippen LogP) is 4.09. The maximum atomic E-state index is 12.8. The second-order valence-corrected chi connectivity index (χ2v) is 7.94. The molecule has 2 aliphatic heterocycles. The van der Waals surface area contributed by atoms with E-state index in [0.717, 1.165) is 11.1 Å². The highest BCUT2D eigenvalue weighted by atomic mass is 16.8. The molecule has 4 rings (SSSR count). The summed E-state index contributed by atoms with van der Waals surface area (Å²) in [6, 6.07) is 19.5. The molecular formula is C23H27NO5. The molecule has 6 heteroatoms. The van der Waals surface area contributed by atoms with E-state index < -0.39 is 5.79 Å². The van der Waals surface area contributed by atoms with Crippen LogP contribution in [0.25, 0.3) is 0 Å². The number of hydrogen-bond donors (Lipinski definition) is 0. The molecule has 0 aliphatic carbocycles. The van der Waals surface area contributed by atoms with Crippen molar-refractivity contribution in [3.05, 3.63) is 71.8 Å². The molecule has 2 aromatic rings. The summed E-state index contributed by atoms with van der Waals surface area (Å²) in [5, 5.41) is 0. The summed E-state index contributed by atoms with van der Waals surface area (Å²) in [5.74, 6) is -0.626. The number of nitrogens with zero attached hydrogens (tertiary/aromatic N) is 1. The topological polar surface area (TPSA) is 57.2 Å². The summed E-state index contributed by atoms with van der Waals surface area (Å²) in [5.41, 5.74) is 1.99. The van der Waals surface area contributed by atoms with Crippen LogP contribution in [0.3, 0.4) is 0 Å². The zero-order valence-corrected chi connectivity index (χ0v) is 16.8. The van der Waals surface area contributed by atoms with Gasteiger partial charge in [-0.2, -0.15) is 0 Å². The second kappa shape index (κ2) is 8.53. The van der Waals surface area contributed by atoms with Crippen molar-refractivity contribution in [3.63, 3.8) is 0 Å². The first-order valence-electron chi connectivity index (χ1n) is 9.99. The third-order valence-electron chi connectivity index (χ3n) is 5.06. The first-order chi connectivity index (χ1) is 14.0. The van der Waals surface area contributed by atoms with Crippen LogP contribution in [0, 0.1) is 0 Å². The van der Waals surface area contributed by atoms with Crippen molar-refractivity contribution in [2.45, 2.75) is 57.7 Å². The van der Waals surface area contributed by atoms with Gasteiger partial charge in [0.05, 0.1) is 12.6 Å². The molecule has 0 bridgehead atoms. The number of amides is 1. The van der Waals surface area contributed by atoms with Crippen LogP contribution in [0.2, 0.25) is 0 Å². The molecule has 154 valence electrons. The molecule has 0 radical (unpaired) electrons. The highest BCUT2D eigenvalue weighted by Crippen LogP contribution is 2.37. The van der Waals surface area contributed by atoms with E-state index in [1.165, 1.54) is 0 Å². The minimum Gasteiger partial charge on any atom is -0.445 e. The fourth-order valence-corrected chi connectivity index (χ4v) is 3.76. The maximum absolute atomic E-state index is 12.8. The van der Waals surface area contributed by atoms with Crippen molar-refractivity contribution in [1.29, 1.82) is 0 Å². The highest BCUT2D eigenvalue weighted by molar-refractivity contribution is 5.67. The van der Waals surface area contributed by atoms with Crippen LogP contribution in [-0.4, -0.2) is 41.8 Å². The minimum atomic E-state index is -0.626. The monoisotopic (exact) mass is 397 g/mol. The van der Waals surface area contributed by atoms with Gasteiger partial charge in [0.1, 0.15) is 12.7 Å². The van der Waals surface area contributed by atoms with Crippen molar-refractivity contribution in [1.82, 2.24) is 4.90 Å². The number of hydrogen-bond acceptors (Lipinski definition) is 5. The van der Waals surface area contributed by atoms with E-state index in [4.69, 9.17) is 18.9 Å². The molecule has 2 saturated heterocycles. The largest absolute Gasteiger partial charge is 0.445 e. The van der Waals surface area contributed by atoms with Crippen molar-refractivity contribution >= 4 is 6.09 Å². The van der Waals surface area contributed by atoms with Crippen molar-refractivity contribution in [3.8, 4) is 0 Å². The molecule has 1 amide bonds. The minimum absolute atomic E-state index is 0.103. The quantitative estimate of drug-likeness (QED) is 0.735. The van der Waals surface area contributed by atoms with E-state index in [2.05, 4.69) is 0 Å². The standard InChI is InChI=1S/C23H27NO5/c1-23(2)28-20-13-19(27-21(20)29-23)15-24(14-17-9-5-3-6-10-17)22(25)26-16-18-11-7-4-8-12-18/h3-12,19-21H,13-16H2,1-2H3/t19-,20+,21+/m0/s1. The van der Waals surface area contributed by atoms with Gasteiger partial charge in [-0.05, 0) is 25.0 Å². The number of carbonyl (C=O) groups is 1. The normalized spacial score (nSPS) is 24.8. The molecule has 0 unspecified atom stereocenters. The van der Waals surface area contributed by atoms with Gasteiger partial charge in [0.25, 0.3) is 0 Å². The molecule has 2 aromatic carbocycles. The molecular weight excluding hydrogens is 370 g/mol. The molecule has 6 nitrogen and oxygen atoms in total. The first kappa shape index (κ1) is 19.9. The second-order valence-electron chi connectivity index (χ2n) is 7.94. The average molecular weight is 397 g/mol. The van der Waals surface area contributed by atoms with Crippen LogP contribution in [0.1, 0.15) is 31.4 Å². The SMILES string of the molecule is CC1(C)O[C@H]2O[C@H](CN(Cc3ccccc3)C(=O)OCc3ccccc3)C[C@H]2O1. The van der Waals surface area contributed by atoms with Gasteiger partial charge in [0.15, 0.2) is 12.1 Å². The molecule has 0 aromatic heterocycles. The van der Waals surface area contributed by atoms with E-state index in [-0.39, 0.29) is 31.2 Å². The van der Waals surface area contributed by atoms with E-state index in [1.54, 1.807) is 4.90 Å². The van der Waals surface area contributed by atoms with Gasteiger partial charge in [0.2, 0.25) is 0 Å². The number of ether oxygens (including phenoxy) is 4. The molecule has 3 atom stereocenters. The number of carbonyl (C=O) groups excluding carboxylic acids is 1. The van der Waals surface area contributed by atoms with Crippen molar-refractivity contribution < 1.29 is 23.7 Å². The summed E-state index contributed by atoms with van der Waals surface area (Å²) in [6.07, 6.45) is -0.316.